The summed E-state index contributed by atoms with van der Waals surface area (Å²) in [5, 5.41) is 0. The maximum atomic E-state index is 14.5. The molecule has 0 saturated heterocycles. The highest BCUT2D eigenvalue weighted by molar-refractivity contribution is 5.66. The summed E-state index contributed by atoms with van der Waals surface area (Å²) in [6, 6.07) is 11.3. The van der Waals surface area contributed by atoms with Crippen LogP contribution in [0.1, 0.15) is 45.7 Å². The fourth-order valence-electron chi connectivity index (χ4n) is 2.36. The van der Waals surface area contributed by atoms with E-state index >= 15 is 0 Å². The summed E-state index contributed by atoms with van der Waals surface area (Å²) in [4.78, 5) is 4.57. The molecular formula is C19H24FNO. The molecule has 3 heteroatoms. The highest BCUT2D eigenvalue weighted by Gasteiger charge is 2.23. The van der Waals surface area contributed by atoms with Crippen LogP contribution in [0.2, 0.25) is 0 Å². The molecule has 118 valence electrons. The lowest BCUT2D eigenvalue weighted by Gasteiger charge is -2.22. The second-order valence-electron chi connectivity index (χ2n) is 7.10. The van der Waals surface area contributed by atoms with Crippen molar-refractivity contribution >= 4 is 0 Å². The van der Waals surface area contributed by atoms with E-state index in [-0.39, 0.29) is 5.60 Å². The highest BCUT2D eigenvalue weighted by atomic mass is 19.1. The molecule has 0 fully saturated rings. The van der Waals surface area contributed by atoms with Gasteiger partial charge in [0.2, 0.25) is 5.88 Å². The first-order valence-corrected chi connectivity index (χ1v) is 7.53. The standard InChI is InChI=1S/C19H24FNO/c1-13-11-16(21-17(12-13)22-18(2,3)4)14-9-7-8-10-15(14)19(5,6)20/h7-12H,1-6H3. The molecule has 1 aromatic carbocycles. The van der Waals surface area contributed by atoms with Gasteiger partial charge in [0.25, 0.3) is 0 Å². The van der Waals surface area contributed by atoms with Crippen LogP contribution < -0.4 is 4.74 Å². The maximum absolute atomic E-state index is 14.5. The molecule has 0 aliphatic heterocycles. The van der Waals surface area contributed by atoms with E-state index in [1.807, 2.05) is 64.1 Å². The van der Waals surface area contributed by atoms with E-state index < -0.39 is 5.67 Å². The second kappa shape index (κ2) is 5.71. The number of nitrogens with zero attached hydrogens (tertiary/aromatic N) is 1. The molecule has 1 aromatic heterocycles. The SMILES string of the molecule is Cc1cc(OC(C)(C)C)nc(-c2ccccc2C(C)(C)F)c1. The van der Waals surface area contributed by atoms with Gasteiger partial charge in [0, 0.05) is 11.6 Å². The zero-order chi connectivity index (χ0) is 16.5. The number of aromatic nitrogens is 1. The van der Waals surface area contributed by atoms with Crippen LogP contribution in [0.5, 0.6) is 5.88 Å². The predicted molar refractivity (Wildman–Crippen MR) is 88.9 cm³/mol. The van der Waals surface area contributed by atoms with Crippen LogP contribution in [0.25, 0.3) is 11.3 Å². The average molecular weight is 301 g/mol. The third kappa shape index (κ3) is 4.06. The van der Waals surface area contributed by atoms with Crippen molar-refractivity contribution in [3.05, 3.63) is 47.5 Å². The topological polar surface area (TPSA) is 22.1 Å². The summed E-state index contributed by atoms with van der Waals surface area (Å²) < 4.78 is 20.3. The Bertz CT molecular complexity index is 666. The fourth-order valence-corrected chi connectivity index (χ4v) is 2.36. The van der Waals surface area contributed by atoms with Crippen LogP contribution in [0, 0.1) is 6.92 Å². The Morgan fingerprint density at radius 1 is 1.00 bits per heavy atom. The van der Waals surface area contributed by atoms with Gasteiger partial charge in [-0.05, 0) is 58.7 Å². The zero-order valence-electron chi connectivity index (χ0n) is 14.2. The Morgan fingerprint density at radius 2 is 1.64 bits per heavy atom. The minimum atomic E-state index is -1.42. The number of alkyl halides is 1. The number of ether oxygens (including phenoxy) is 1. The zero-order valence-corrected chi connectivity index (χ0v) is 14.2. The third-order valence-corrected chi connectivity index (χ3v) is 3.20. The molecule has 2 aromatic rings. The normalized spacial score (nSPS) is 12.3. The van der Waals surface area contributed by atoms with E-state index in [2.05, 4.69) is 4.98 Å². The van der Waals surface area contributed by atoms with Gasteiger partial charge in [-0.1, -0.05) is 24.3 Å². The first-order valence-electron chi connectivity index (χ1n) is 7.53. The van der Waals surface area contributed by atoms with Crippen LogP contribution >= 0.6 is 0 Å². The minimum Gasteiger partial charge on any atom is -0.472 e. The smallest absolute Gasteiger partial charge is 0.214 e. The quantitative estimate of drug-likeness (QED) is 0.753. The summed E-state index contributed by atoms with van der Waals surface area (Å²) in [6.07, 6.45) is 0. The Hall–Kier alpha value is -1.90. The van der Waals surface area contributed by atoms with Crippen molar-refractivity contribution in [1.82, 2.24) is 4.98 Å². The Kier molecular flexibility index (Phi) is 4.28. The third-order valence-electron chi connectivity index (χ3n) is 3.20. The molecule has 0 unspecified atom stereocenters. The lowest BCUT2D eigenvalue weighted by atomic mass is 9.92. The molecule has 1 heterocycles. The largest absolute Gasteiger partial charge is 0.472 e. The molecule has 2 rings (SSSR count). The number of hydrogen-bond acceptors (Lipinski definition) is 2. The molecule has 0 N–H and O–H groups in total. The van der Waals surface area contributed by atoms with Gasteiger partial charge in [0.1, 0.15) is 11.3 Å². The van der Waals surface area contributed by atoms with Crippen LogP contribution in [-0.2, 0) is 5.67 Å². The van der Waals surface area contributed by atoms with Crippen molar-refractivity contribution in [2.45, 2.75) is 52.8 Å². The van der Waals surface area contributed by atoms with Crippen LogP contribution in [0.4, 0.5) is 4.39 Å². The summed E-state index contributed by atoms with van der Waals surface area (Å²) in [5.41, 5.74) is 1.47. The lowest BCUT2D eigenvalue weighted by molar-refractivity contribution is 0.124. The fraction of sp³-hybridized carbons (Fsp3) is 0.421. The number of halogens is 1. The summed E-state index contributed by atoms with van der Waals surface area (Å²) in [7, 11) is 0. The lowest BCUT2D eigenvalue weighted by Crippen LogP contribution is -2.23. The predicted octanol–water partition coefficient (Wildman–Crippen LogP) is 5.44. The van der Waals surface area contributed by atoms with E-state index in [0.717, 1.165) is 16.8 Å². The first kappa shape index (κ1) is 16.5. The molecule has 0 aliphatic carbocycles. The monoisotopic (exact) mass is 301 g/mol. The van der Waals surface area contributed by atoms with Gasteiger partial charge >= 0.3 is 0 Å². The van der Waals surface area contributed by atoms with Crippen molar-refractivity contribution in [3.63, 3.8) is 0 Å². The van der Waals surface area contributed by atoms with E-state index in [1.54, 1.807) is 13.8 Å². The first-order chi connectivity index (χ1) is 10.1. The molecule has 2 nitrogen and oxygen atoms in total. The number of benzene rings is 1. The maximum Gasteiger partial charge on any atom is 0.214 e. The van der Waals surface area contributed by atoms with Gasteiger partial charge < -0.3 is 4.74 Å². The second-order valence-corrected chi connectivity index (χ2v) is 7.10. The molecule has 0 aliphatic rings. The van der Waals surface area contributed by atoms with E-state index in [1.165, 1.54) is 0 Å². The average Bonchev–Trinajstić information content (AvgIpc) is 2.35. The molecule has 0 radical (unpaired) electrons. The van der Waals surface area contributed by atoms with Crippen molar-refractivity contribution in [2.75, 3.05) is 0 Å². The van der Waals surface area contributed by atoms with E-state index in [0.29, 0.717) is 11.4 Å². The Labute approximate surface area is 132 Å². The highest BCUT2D eigenvalue weighted by Crippen LogP contribution is 2.34. The van der Waals surface area contributed by atoms with Crippen molar-refractivity contribution in [2.24, 2.45) is 0 Å². The van der Waals surface area contributed by atoms with Crippen molar-refractivity contribution in [3.8, 4) is 17.1 Å². The van der Waals surface area contributed by atoms with Gasteiger partial charge in [-0.25, -0.2) is 9.37 Å². The number of rotatable bonds is 3. The van der Waals surface area contributed by atoms with Gasteiger partial charge in [-0.15, -0.1) is 0 Å². The molecule has 0 bridgehead atoms. The number of hydrogen-bond donors (Lipinski definition) is 0. The molecule has 0 spiro atoms. The van der Waals surface area contributed by atoms with Crippen LogP contribution in [-0.4, -0.2) is 10.6 Å². The van der Waals surface area contributed by atoms with Crippen molar-refractivity contribution in [1.29, 1.82) is 0 Å². The van der Waals surface area contributed by atoms with E-state index in [4.69, 9.17) is 4.74 Å². The summed E-state index contributed by atoms with van der Waals surface area (Å²) >= 11 is 0. The van der Waals surface area contributed by atoms with Gasteiger partial charge in [0.05, 0.1) is 5.69 Å². The molecule has 22 heavy (non-hydrogen) atoms. The number of aryl methyl sites for hydroxylation is 1. The van der Waals surface area contributed by atoms with E-state index in [9.17, 15) is 4.39 Å². The van der Waals surface area contributed by atoms with Crippen LogP contribution in [0.3, 0.4) is 0 Å². The van der Waals surface area contributed by atoms with Gasteiger partial charge in [-0.3, -0.25) is 0 Å². The Morgan fingerprint density at radius 3 is 2.23 bits per heavy atom. The summed E-state index contributed by atoms with van der Waals surface area (Å²) in [5.74, 6) is 0.564. The molecule has 0 saturated carbocycles. The summed E-state index contributed by atoms with van der Waals surface area (Å²) in [6.45, 7) is 11.1. The minimum absolute atomic E-state index is 0.322. The number of pyridine rings is 1. The molecule has 0 atom stereocenters. The van der Waals surface area contributed by atoms with Gasteiger partial charge in [0.15, 0.2) is 0 Å². The van der Waals surface area contributed by atoms with Crippen LogP contribution in [0.15, 0.2) is 36.4 Å². The van der Waals surface area contributed by atoms with Crippen molar-refractivity contribution < 1.29 is 9.13 Å². The molecule has 0 amide bonds. The van der Waals surface area contributed by atoms with Gasteiger partial charge in [-0.2, -0.15) is 0 Å². The Balaban J connectivity index is 2.55. The molecular weight excluding hydrogens is 277 g/mol.